The third kappa shape index (κ3) is 3.25. The van der Waals surface area contributed by atoms with Gasteiger partial charge in [-0.25, -0.2) is 14.8 Å². The average molecular weight is 268 g/mol. The molecule has 1 aromatic heterocycles. The molecule has 1 amide bonds. The van der Waals surface area contributed by atoms with Gasteiger partial charge in [-0.05, 0) is 19.8 Å². The van der Waals surface area contributed by atoms with Gasteiger partial charge in [0, 0.05) is 30.1 Å². The van der Waals surface area contributed by atoms with Crippen molar-refractivity contribution in [1.29, 1.82) is 0 Å². The van der Waals surface area contributed by atoms with Crippen LogP contribution in [0.4, 0.5) is 10.6 Å². The lowest BCUT2D eigenvalue weighted by molar-refractivity contribution is 0.136. The van der Waals surface area contributed by atoms with Crippen LogP contribution in [0, 0.1) is 6.92 Å². The minimum atomic E-state index is -0.838. The van der Waals surface area contributed by atoms with Crippen LogP contribution in [0.3, 0.4) is 0 Å². The lowest BCUT2D eigenvalue weighted by Crippen LogP contribution is -2.38. The molecule has 6 nitrogen and oxygen atoms in total. The first-order valence-corrected chi connectivity index (χ1v) is 6.68. The predicted octanol–water partition coefficient (Wildman–Crippen LogP) is 1.60. The molecular formula is C11H16N4O2S. The molecule has 1 fully saturated rings. The van der Waals surface area contributed by atoms with Crippen molar-refractivity contribution in [3.05, 3.63) is 11.8 Å². The monoisotopic (exact) mass is 268 g/mol. The van der Waals surface area contributed by atoms with Crippen molar-refractivity contribution in [1.82, 2.24) is 14.9 Å². The number of thioether (sulfide) groups is 1. The zero-order chi connectivity index (χ0) is 13.1. The highest BCUT2D eigenvalue weighted by molar-refractivity contribution is 7.99. The van der Waals surface area contributed by atoms with Crippen LogP contribution in [-0.4, -0.2) is 44.4 Å². The van der Waals surface area contributed by atoms with Crippen molar-refractivity contribution in [2.75, 3.05) is 18.8 Å². The van der Waals surface area contributed by atoms with Gasteiger partial charge in [-0.3, -0.25) is 0 Å². The summed E-state index contributed by atoms with van der Waals surface area (Å²) in [5.74, 6) is 0.480. The molecule has 1 aliphatic rings. The number of anilines is 1. The van der Waals surface area contributed by atoms with Gasteiger partial charge in [0.15, 0.2) is 5.16 Å². The Labute approximate surface area is 110 Å². The van der Waals surface area contributed by atoms with E-state index < -0.39 is 6.09 Å². The van der Waals surface area contributed by atoms with Crippen LogP contribution in [0.2, 0.25) is 0 Å². The molecule has 0 unspecified atom stereocenters. The molecular weight excluding hydrogens is 252 g/mol. The summed E-state index contributed by atoms with van der Waals surface area (Å²) in [7, 11) is 0. The van der Waals surface area contributed by atoms with E-state index in [9.17, 15) is 4.79 Å². The van der Waals surface area contributed by atoms with E-state index >= 15 is 0 Å². The SMILES string of the molecule is Cc1cc(N)nc(SC2CCN(C(=O)O)CC2)n1. The fourth-order valence-corrected chi connectivity index (χ4v) is 3.03. The third-order valence-corrected chi connectivity index (χ3v) is 4.04. The maximum Gasteiger partial charge on any atom is 0.407 e. The molecule has 7 heteroatoms. The van der Waals surface area contributed by atoms with Gasteiger partial charge < -0.3 is 15.7 Å². The predicted molar refractivity (Wildman–Crippen MR) is 69.7 cm³/mol. The van der Waals surface area contributed by atoms with E-state index in [0.29, 0.717) is 29.3 Å². The Morgan fingerprint density at radius 3 is 2.72 bits per heavy atom. The molecule has 98 valence electrons. The summed E-state index contributed by atoms with van der Waals surface area (Å²) in [5.41, 5.74) is 6.53. The summed E-state index contributed by atoms with van der Waals surface area (Å²) in [4.78, 5) is 20.7. The van der Waals surface area contributed by atoms with Crippen molar-refractivity contribution in [2.45, 2.75) is 30.2 Å². The molecule has 0 saturated carbocycles. The van der Waals surface area contributed by atoms with Crippen LogP contribution in [-0.2, 0) is 0 Å². The number of aryl methyl sites for hydroxylation is 1. The van der Waals surface area contributed by atoms with Gasteiger partial charge >= 0.3 is 6.09 Å². The largest absolute Gasteiger partial charge is 0.465 e. The first-order chi connectivity index (χ1) is 8.54. The highest BCUT2D eigenvalue weighted by Gasteiger charge is 2.23. The standard InChI is InChI=1S/C11H16N4O2S/c1-7-6-9(12)14-10(13-7)18-8-2-4-15(5-3-8)11(16)17/h6,8H,2-5H2,1H3,(H,16,17)(H2,12,13,14). The summed E-state index contributed by atoms with van der Waals surface area (Å²) in [6.45, 7) is 3.04. The Morgan fingerprint density at radius 1 is 1.50 bits per heavy atom. The van der Waals surface area contributed by atoms with E-state index in [2.05, 4.69) is 9.97 Å². The van der Waals surface area contributed by atoms with Gasteiger partial charge in [0.05, 0.1) is 0 Å². The molecule has 1 saturated heterocycles. The van der Waals surface area contributed by atoms with Crippen molar-refractivity contribution in [2.24, 2.45) is 0 Å². The summed E-state index contributed by atoms with van der Waals surface area (Å²) in [6.07, 6.45) is 0.817. The summed E-state index contributed by atoms with van der Waals surface area (Å²) >= 11 is 1.58. The summed E-state index contributed by atoms with van der Waals surface area (Å²) in [5, 5.41) is 9.91. The number of hydrogen-bond donors (Lipinski definition) is 2. The van der Waals surface area contributed by atoms with E-state index in [-0.39, 0.29) is 0 Å². The highest BCUT2D eigenvalue weighted by Crippen LogP contribution is 2.28. The normalized spacial score (nSPS) is 16.8. The molecule has 0 atom stereocenters. The fraction of sp³-hybridized carbons (Fsp3) is 0.545. The molecule has 1 aliphatic heterocycles. The zero-order valence-corrected chi connectivity index (χ0v) is 11.0. The van der Waals surface area contributed by atoms with Gasteiger partial charge in [-0.2, -0.15) is 0 Å². The Hall–Kier alpha value is -1.50. The maximum absolute atomic E-state index is 10.8. The second-order valence-electron chi connectivity index (χ2n) is 4.30. The second-order valence-corrected chi connectivity index (χ2v) is 5.57. The van der Waals surface area contributed by atoms with Crippen molar-refractivity contribution < 1.29 is 9.90 Å². The number of carboxylic acid groups (broad SMARTS) is 1. The van der Waals surface area contributed by atoms with Crippen molar-refractivity contribution in [3.63, 3.8) is 0 Å². The lowest BCUT2D eigenvalue weighted by Gasteiger charge is -2.29. The Kier molecular flexibility index (Phi) is 3.90. The van der Waals surface area contributed by atoms with Crippen LogP contribution in [0.15, 0.2) is 11.2 Å². The molecule has 0 spiro atoms. The van der Waals surface area contributed by atoms with Crippen LogP contribution < -0.4 is 5.73 Å². The molecule has 2 rings (SSSR count). The average Bonchev–Trinajstić information content (AvgIpc) is 2.28. The number of likely N-dealkylation sites (tertiary alicyclic amines) is 1. The van der Waals surface area contributed by atoms with Crippen LogP contribution >= 0.6 is 11.8 Å². The zero-order valence-electron chi connectivity index (χ0n) is 10.2. The number of rotatable bonds is 2. The van der Waals surface area contributed by atoms with Gasteiger partial charge in [0.1, 0.15) is 5.82 Å². The molecule has 3 N–H and O–H groups in total. The van der Waals surface area contributed by atoms with Crippen LogP contribution in [0.5, 0.6) is 0 Å². The fourth-order valence-electron chi connectivity index (χ4n) is 1.93. The Bertz CT molecular complexity index is 426. The molecule has 0 aromatic carbocycles. The van der Waals surface area contributed by atoms with Crippen LogP contribution in [0.1, 0.15) is 18.5 Å². The number of aromatic nitrogens is 2. The number of carbonyl (C=O) groups is 1. The van der Waals surface area contributed by atoms with E-state index in [1.165, 1.54) is 4.90 Å². The van der Waals surface area contributed by atoms with E-state index in [1.54, 1.807) is 17.8 Å². The number of piperidine rings is 1. The van der Waals surface area contributed by atoms with Crippen molar-refractivity contribution >= 4 is 23.7 Å². The summed E-state index contributed by atoms with van der Waals surface area (Å²) in [6, 6.07) is 1.73. The molecule has 1 aromatic rings. The number of nitrogens with zero attached hydrogens (tertiary/aromatic N) is 3. The first kappa shape index (κ1) is 12.9. The van der Waals surface area contributed by atoms with E-state index in [4.69, 9.17) is 10.8 Å². The van der Waals surface area contributed by atoms with E-state index in [1.807, 2.05) is 6.92 Å². The number of nitrogen functional groups attached to an aromatic ring is 1. The van der Waals surface area contributed by atoms with Crippen molar-refractivity contribution in [3.8, 4) is 0 Å². The van der Waals surface area contributed by atoms with Gasteiger partial charge in [0.2, 0.25) is 0 Å². The lowest BCUT2D eigenvalue weighted by atomic mass is 10.1. The molecule has 0 bridgehead atoms. The highest BCUT2D eigenvalue weighted by atomic mass is 32.2. The molecule has 18 heavy (non-hydrogen) atoms. The molecule has 0 radical (unpaired) electrons. The maximum atomic E-state index is 10.8. The quantitative estimate of drug-likeness (QED) is 0.791. The van der Waals surface area contributed by atoms with Crippen LogP contribution in [0.25, 0.3) is 0 Å². The van der Waals surface area contributed by atoms with Gasteiger partial charge in [-0.15, -0.1) is 0 Å². The number of amides is 1. The third-order valence-electron chi connectivity index (χ3n) is 2.84. The van der Waals surface area contributed by atoms with E-state index in [0.717, 1.165) is 18.5 Å². The number of hydrogen-bond acceptors (Lipinski definition) is 5. The minimum Gasteiger partial charge on any atom is -0.465 e. The minimum absolute atomic E-state index is 0.363. The Morgan fingerprint density at radius 2 is 2.17 bits per heavy atom. The summed E-state index contributed by atoms with van der Waals surface area (Å²) < 4.78 is 0. The molecule has 0 aliphatic carbocycles. The number of nitrogens with two attached hydrogens (primary N) is 1. The Balaban J connectivity index is 1.93. The van der Waals surface area contributed by atoms with Gasteiger partial charge in [0.25, 0.3) is 0 Å². The first-order valence-electron chi connectivity index (χ1n) is 5.80. The van der Waals surface area contributed by atoms with Gasteiger partial charge in [-0.1, -0.05) is 11.8 Å². The molecule has 2 heterocycles. The topological polar surface area (TPSA) is 92.3 Å². The second kappa shape index (κ2) is 5.43. The smallest absolute Gasteiger partial charge is 0.407 e.